The summed E-state index contributed by atoms with van der Waals surface area (Å²) >= 11 is 6.53. The Kier molecular flexibility index (Phi) is 3.81. The molecule has 0 bridgehead atoms. The molecule has 0 saturated heterocycles. The van der Waals surface area contributed by atoms with Crippen LogP contribution in [0, 0.1) is 6.92 Å². The molecule has 2 aliphatic heterocycles. The lowest BCUT2D eigenvalue weighted by atomic mass is 9.86. The predicted molar refractivity (Wildman–Crippen MR) is 103 cm³/mol. The van der Waals surface area contributed by atoms with Crippen molar-refractivity contribution in [1.29, 1.82) is 0 Å². The van der Waals surface area contributed by atoms with E-state index in [1.807, 2.05) is 25.1 Å². The van der Waals surface area contributed by atoms with Crippen LogP contribution in [0.25, 0.3) is 5.57 Å². The number of halogens is 4. The maximum atomic E-state index is 15.2. The summed E-state index contributed by atoms with van der Waals surface area (Å²) in [5.74, 6) is 0.653. The second-order valence-electron chi connectivity index (χ2n) is 5.99. The monoisotopic (exact) mass is 468 g/mol. The summed E-state index contributed by atoms with van der Waals surface area (Å²) in [7, 11) is 1.59. The Morgan fingerprint density at radius 1 is 1.12 bits per heavy atom. The number of aromatic nitrogens is 1. The van der Waals surface area contributed by atoms with Gasteiger partial charge in [0.15, 0.2) is 5.70 Å². The lowest BCUT2D eigenvalue weighted by molar-refractivity contribution is -0.358. The third-order valence-corrected chi connectivity index (χ3v) is 5.79. The number of methoxy groups -OCH3 is 1. The molecule has 3 heterocycles. The van der Waals surface area contributed by atoms with E-state index >= 15 is 8.63 Å². The summed E-state index contributed by atoms with van der Waals surface area (Å²) in [6.45, 7) is -2.04. The van der Waals surface area contributed by atoms with Gasteiger partial charge in [-0.05, 0) is 46.6 Å². The van der Waals surface area contributed by atoms with Crippen molar-refractivity contribution in [1.82, 2.24) is 4.48 Å². The van der Waals surface area contributed by atoms with Gasteiger partial charge < -0.3 is 22.3 Å². The molecule has 0 N–H and O–H groups in total. The van der Waals surface area contributed by atoms with Crippen molar-refractivity contribution in [3.63, 3.8) is 0 Å². The van der Waals surface area contributed by atoms with E-state index in [0.717, 1.165) is 20.1 Å². The first-order valence-electron chi connectivity index (χ1n) is 7.65. The maximum absolute atomic E-state index is 15.2. The van der Waals surface area contributed by atoms with Crippen molar-refractivity contribution in [3.8, 4) is 5.75 Å². The van der Waals surface area contributed by atoms with Gasteiger partial charge in [0.1, 0.15) is 5.75 Å². The quantitative estimate of drug-likeness (QED) is 0.569. The van der Waals surface area contributed by atoms with E-state index in [1.54, 1.807) is 31.4 Å². The first-order chi connectivity index (χ1) is 11.9. The van der Waals surface area contributed by atoms with Gasteiger partial charge in [0.05, 0.1) is 17.3 Å². The molecule has 128 valence electrons. The molecule has 25 heavy (non-hydrogen) atoms. The molecule has 1 aromatic heterocycles. The predicted octanol–water partition coefficient (Wildman–Crippen LogP) is 4.94. The number of allylic oxidation sites excluding steroid dienone is 2. The van der Waals surface area contributed by atoms with E-state index in [1.165, 1.54) is 0 Å². The first kappa shape index (κ1) is 16.8. The third kappa shape index (κ3) is 2.30. The van der Waals surface area contributed by atoms with Gasteiger partial charge in [0, 0.05) is 39.3 Å². The number of hydrogen-bond acceptors (Lipinski definition) is 1. The minimum Gasteiger partial charge on any atom is -0.496 e. The zero-order valence-electron chi connectivity index (χ0n) is 13.4. The van der Waals surface area contributed by atoms with Gasteiger partial charge in [-0.1, -0.05) is 12.1 Å². The highest BCUT2D eigenvalue weighted by atomic mass is 79.9. The van der Waals surface area contributed by atoms with Crippen molar-refractivity contribution in [3.05, 3.63) is 69.6 Å². The standard InChI is InChI=1S/C17H13BBr2F2N2O/c1-10-3-4-11(14(9-10)25-2)17-12-5-7-15(19)23(12)18(21,22)24-13(17)6-8-16(24)20/h3-9H,1-2H3. The third-order valence-electron chi connectivity index (χ3n) is 4.50. The van der Waals surface area contributed by atoms with Gasteiger partial charge in [0.25, 0.3) is 0 Å². The molecule has 0 fully saturated rings. The molecule has 1 aromatic carbocycles. The van der Waals surface area contributed by atoms with Crippen molar-refractivity contribution in [2.24, 2.45) is 0 Å². The molecule has 0 spiro atoms. The van der Waals surface area contributed by atoms with Gasteiger partial charge in [-0.2, -0.15) is 0 Å². The van der Waals surface area contributed by atoms with Gasteiger partial charge in [-0.3, -0.25) is 0 Å². The van der Waals surface area contributed by atoms with Gasteiger partial charge in [-0.25, -0.2) is 0 Å². The largest absolute Gasteiger partial charge is 0.738 e. The summed E-state index contributed by atoms with van der Waals surface area (Å²) in [5.41, 5.74) is 3.44. The fraction of sp³-hybridized carbons (Fsp3) is 0.118. The molecule has 0 saturated carbocycles. The molecule has 3 nitrogen and oxygen atoms in total. The molecule has 0 radical (unpaired) electrons. The van der Waals surface area contributed by atoms with E-state index < -0.39 is 6.97 Å². The lowest BCUT2D eigenvalue weighted by Crippen LogP contribution is -2.50. The van der Waals surface area contributed by atoms with Crippen molar-refractivity contribution in [2.75, 3.05) is 7.11 Å². The second kappa shape index (κ2) is 5.67. The molecule has 0 atom stereocenters. The first-order valence-corrected chi connectivity index (χ1v) is 9.23. The highest BCUT2D eigenvalue weighted by Gasteiger charge is 2.54. The molecular formula is C17H13BBr2F2N2O. The van der Waals surface area contributed by atoms with E-state index in [4.69, 9.17) is 4.74 Å². The van der Waals surface area contributed by atoms with Crippen molar-refractivity contribution >= 4 is 49.0 Å². The summed E-state index contributed by atoms with van der Waals surface area (Å²) in [6, 6.07) is 9.12. The number of hydrogen-bond donors (Lipinski definition) is 0. The average molecular weight is 470 g/mol. The van der Waals surface area contributed by atoms with Crippen LogP contribution in [0.2, 0.25) is 0 Å². The highest BCUT2D eigenvalue weighted by Crippen LogP contribution is 2.44. The van der Waals surface area contributed by atoms with Crippen LogP contribution in [0.4, 0.5) is 8.63 Å². The number of aryl methyl sites for hydroxylation is 1. The van der Waals surface area contributed by atoms with E-state index in [2.05, 4.69) is 31.9 Å². The molecule has 0 aliphatic carbocycles. The van der Waals surface area contributed by atoms with Gasteiger partial charge >= 0.3 is 6.97 Å². The summed E-state index contributed by atoms with van der Waals surface area (Å²) in [6.07, 6.45) is 3.35. The Hall–Kier alpha value is -1.67. The molecule has 4 rings (SSSR count). The summed E-state index contributed by atoms with van der Waals surface area (Å²) in [5, 5.41) is 0. The molecule has 8 heteroatoms. The molecule has 0 amide bonds. The topological polar surface area (TPSA) is 17.2 Å². The average Bonchev–Trinajstić information content (AvgIpc) is 3.13. The van der Waals surface area contributed by atoms with Gasteiger partial charge in [0.2, 0.25) is 4.62 Å². The van der Waals surface area contributed by atoms with Gasteiger partial charge in [-0.15, -0.1) is 0 Å². The fourth-order valence-electron chi connectivity index (χ4n) is 3.41. The second-order valence-corrected chi connectivity index (χ2v) is 7.61. The molecule has 0 unspecified atom stereocenters. The van der Waals surface area contributed by atoms with Crippen LogP contribution in [-0.2, 0) is 0 Å². The fourth-order valence-corrected chi connectivity index (χ4v) is 4.55. The number of benzene rings is 1. The Morgan fingerprint density at radius 3 is 2.60 bits per heavy atom. The highest BCUT2D eigenvalue weighted by molar-refractivity contribution is 9.18. The molecular weight excluding hydrogens is 457 g/mol. The minimum atomic E-state index is -4.01. The molecule has 2 aromatic rings. The number of nitrogens with zero attached hydrogens (tertiary/aromatic N) is 2. The van der Waals surface area contributed by atoms with Crippen LogP contribution in [0.3, 0.4) is 0 Å². The number of fused-ring (bicyclic) bond motifs is 2. The van der Waals surface area contributed by atoms with E-state index in [-0.39, 0.29) is 0 Å². The minimum absolute atomic E-state index is 0.335. The smallest absolute Gasteiger partial charge is 0.496 e. The number of ether oxygens (including phenoxy) is 1. The van der Waals surface area contributed by atoms with Crippen LogP contribution in [0.1, 0.15) is 16.8 Å². The summed E-state index contributed by atoms with van der Waals surface area (Å²) in [4.78, 5) is 0. The van der Waals surface area contributed by atoms with Crippen molar-refractivity contribution in [2.45, 2.75) is 6.92 Å². The maximum Gasteiger partial charge on any atom is 0.738 e. The van der Waals surface area contributed by atoms with Crippen LogP contribution in [0.15, 0.2) is 52.8 Å². The lowest BCUT2D eigenvalue weighted by Gasteiger charge is -2.32. The normalized spacial score (nSPS) is 17.8. The van der Waals surface area contributed by atoms with Crippen LogP contribution in [0.5, 0.6) is 5.75 Å². The Bertz CT molecular complexity index is 1010. The van der Waals surface area contributed by atoms with Crippen LogP contribution in [-0.4, -0.2) is 27.7 Å². The Morgan fingerprint density at radius 2 is 1.88 bits per heavy atom. The molecule has 2 aliphatic rings. The van der Waals surface area contributed by atoms with E-state index in [9.17, 15) is 0 Å². The van der Waals surface area contributed by atoms with Crippen molar-refractivity contribution < 1.29 is 17.9 Å². The van der Waals surface area contributed by atoms with Crippen LogP contribution >= 0.6 is 31.9 Å². The summed E-state index contributed by atoms with van der Waals surface area (Å²) < 4.78 is 38.7. The zero-order valence-corrected chi connectivity index (χ0v) is 16.6. The Labute approximate surface area is 160 Å². The number of rotatable bonds is 2. The zero-order chi connectivity index (χ0) is 17.9. The Balaban J connectivity index is 2.12. The van der Waals surface area contributed by atoms with Crippen LogP contribution < -0.4 is 4.74 Å². The SMILES string of the molecule is COc1cc(C)ccc1C1=C2C=CC(Br)=[N+]2[B-](F)(F)n2c(Br)ccc21. The van der Waals surface area contributed by atoms with E-state index in [0.29, 0.717) is 31.9 Å².